The number of esters is 1. The molecule has 0 aliphatic heterocycles. The van der Waals surface area contributed by atoms with Gasteiger partial charge in [-0.05, 0) is 6.92 Å². The standard InChI is InChI=1S/C9H8N2O3/c1-3-14-9(13)7(6-12)4-8(5-10)11-2/h4,6,8H,3H2,1H3. The Bertz CT molecular complexity index is 319. The van der Waals surface area contributed by atoms with E-state index >= 15 is 0 Å². The van der Waals surface area contributed by atoms with Crippen molar-refractivity contribution < 1.29 is 14.3 Å². The second-order valence-electron chi connectivity index (χ2n) is 2.16. The molecular formula is C9H8N2O3. The zero-order valence-electron chi connectivity index (χ0n) is 7.56. The summed E-state index contributed by atoms with van der Waals surface area (Å²) in [6.07, 6.45) is 1.26. The first-order valence-electron chi connectivity index (χ1n) is 3.79. The number of rotatable bonds is 4. The molecule has 0 aliphatic carbocycles. The Morgan fingerprint density at radius 3 is 2.79 bits per heavy atom. The molecule has 5 nitrogen and oxygen atoms in total. The molecule has 0 aromatic heterocycles. The summed E-state index contributed by atoms with van der Waals surface area (Å²) in [7, 11) is 0. The molecule has 0 N–H and O–H groups in total. The summed E-state index contributed by atoms with van der Waals surface area (Å²) in [5.41, 5.74) is -0.297. The molecule has 0 aromatic carbocycles. The highest BCUT2D eigenvalue weighted by Gasteiger charge is 2.15. The van der Waals surface area contributed by atoms with Crippen molar-refractivity contribution in [1.29, 1.82) is 5.26 Å². The molecule has 0 amide bonds. The molecule has 14 heavy (non-hydrogen) atoms. The molecular weight excluding hydrogens is 184 g/mol. The van der Waals surface area contributed by atoms with Gasteiger partial charge in [-0.2, -0.15) is 5.26 Å². The number of carbonyl (C=O) groups excluding carboxylic acids is 2. The lowest BCUT2D eigenvalue weighted by atomic mass is 10.2. The van der Waals surface area contributed by atoms with Crippen molar-refractivity contribution in [3.8, 4) is 6.07 Å². The van der Waals surface area contributed by atoms with E-state index in [4.69, 9.17) is 11.8 Å². The number of ether oxygens (including phenoxy) is 1. The highest BCUT2D eigenvalue weighted by Crippen LogP contribution is 2.00. The number of nitrogens with zero attached hydrogens (tertiary/aromatic N) is 2. The van der Waals surface area contributed by atoms with Gasteiger partial charge in [0.25, 0.3) is 0 Å². The van der Waals surface area contributed by atoms with Crippen LogP contribution in [0.1, 0.15) is 6.92 Å². The van der Waals surface area contributed by atoms with E-state index in [1.165, 1.54) is 0 Å². The van der Waals surface area contributed by atoms with Crippen LogP contribution in [-0.4, -0.2) is 24.9 Å². The van der Waals surface area contributed by atoms with Gasteiger partial charge in [-0.25, -0.2) is 11.4 Å². The molecule has 72 valence electrons. The van der Waals surface area contributed by atoms with Gasteiger partial charge in [-0.3, -0.25) is 9.64 Å². The van der Waals surface area contributed by atoms with Crippen molar-refractivity contribution >= 4 is 12.3 Å². The van der Waals surface area contributed by atoms with Gasteiger partial charge in [0, 0.05) is 6.08 Å². The van der Waals surface area contributed by atoms with Crippen LogP contribution in [0.3, 0.4) is 0 Å². The van der Waals surface area contributed by atoms with Gasteiger partial charge in [0.15, 0.2) is 12.4 Å². The lowest BCUT2D eigenvalue weighted by molar-refractivity contribution is -0.139. The van der Waals surface area contributed by atoms with Gasteiger partial charge in [0.05, 0.1) is 6.61 Å². The van der Waals surface area contributed by atoms with Gasteiger partial charge in [-0.1, -0.05) is 0 Å². The van der Waals surface area contributed by atoms with Crippen molar-refractivity contribution in [2.24, 2.45) is 0 Å². The predicted molar refractivity (Wildman–Crippen MR) is 46.8 cm³/mol. The van der Waals surface area contributed by atoms with Crippen LogP contribution in [0.4, 0.5) is 0 Å². The Balaban J connectivity index is 4.73. The third-order valence-corrected chi connectivity index (χ3v) is 1.25. The van der Waals surface area contributed by atoms with Crippen LogP contribution in [0.25, 0.3) is 4.85 Å². The predicted octanol–water partition coefficient (Wildman–Crippen LogP) is 0.486. The molecule has 0 saturated carbocycles. The van der Waals surface area contributed by atoms with E-state index < -0.39 is 12.0 Å². The summed E-state index contributed by atoms with van der Waals surface area (Å²) in [5, 5.41) is 8.41. The van der Waals surface area contributed by atoms with Crippen LogP contribution in [0.2, 0.25) is 0 Å². The van der Waals surface area contributed by atoms with Gasteiger partial charge >= 0.3 is 12.0 Å². The average molecular weight is 192 g/mol. The van der Waals surface area contributed by atoms with E-state index in [9.17, 15) is 9.59 Å². The van der Waals surface area contributed by atoms with E-state index in [-0.39, 0.29) is 18.5 Å². The van der Waals surface area contributed by atoms with Crippen LogP contribution in [0.15, 0.2) is 11.6 Å². The van der Waals surface area contributed by atoms with Gasteiger partial charge in [-0.15, -0.1) is 0 Å². The van der Waals surface area contributed by atoms with Crippen LogP contribution in [-0.2, 0) is 14.3 Å². The summed E-state index contributed by atoms with van der Waals surface area (Å²) >= 11 is 0. The molecule has 0 fully saturated rings. The van der Waals surface area contributed by atoms with Crippen LogP contribution >= 0.6 is 0 Å². The normalized spacial score (nSPS) is 12.1. The average Bonchev–Trinajstić information content (AvgIpc) is 2.20. The van der Waals surface area contributed by atoms with Crippen molar-refractivity contribution in [2.45, 2.75) is 13.0 Å². The lowest BCUT2D eigenvalue weighted by Crippen LogP contribution is -2.10. The molecule has 0 aromatic rings. The topological polar surface area (TPSA) is 71.5 Å². The third kappa shape index (κ3) is 3.51. The van der Waals surface area contributed by atoms with E-state index in [1.54, 1.807) is 13.0 Å². The molecule has 0 rings (SSSR count). The smallest absolute Gasteiger partial charge is 0.341 e. The number of carbonyl (C=O) groups is 2. The van der Waals surface area contributed by atoms with E-state index in [0.717, 1.165) is 6.08 Å². The fourth-order valence-electron chi connectivity index (χ4n) is 0.643. The molecule has 0 heterocycles. The molecule has 0 spiro atoms. The Kier molecular flexibility index (Phi) is 5.41. The van der Waals surface area contributed by atoms with Crippen molar-refractivity contribution in [3.05, 3.63) is 23.1 Å². The lowest BCUT2D eigenvalue weighted by Gasteiger charge is -1.98. The number of hydrogen-bond donors (Lipinski definition) is 0. The first kappa shape index (κ1) is 11.9. The van der Waals surface area contributed by atoms with Gasteiger partial charge in [0.2, 0.25) is 0 Å². The van der Waals surface area contributed by atoms with Crippen LogP contribution < -0.4 is 0 Å². The highest BCUT2D eigenvalue weighted by molar-refractivity contribution is 6.07. The largest absolute Gasteiger partial charge is 0.462 e. The van der Waals surface area contributed by atoms with Crippen molar-refractivity contribution in [2.75, 3.05) is 6.61 Å². The maximum Gasteiger partial charge on any atom is 0.341 e. The Morgan fingerprint density at radius 1 is 1.79 bits per heavy atom. The Hall–Kier alpha value is -2.14. The first-order chi connectivity index (χ1) is 6.69. The van der Waals surface area contributed by atoms with E-state index in [2.05, 4.69) is 9.58 Å². The quantitative estimate of drug-likeness (QED) is 0.162. The minimum absolute atomic E-state index is 0.138. The second kappa shape index (κ2) is 6.38. The maximum absolute atomic E-state index is 11.0. The maximum atomic E-state index is 11.0. The SMILES string of the molecule is [C-]#[N+]C(C#N)C=C(C=O)C(=O)OCC. The second-order valence-corrected chi connectivity index (χ2v) is 2.16. The molecule has 0 saturated heterocycles. The Labute approximate surface area is 81.4 Å². The minimum atomic E-state index is -1.13. The molecule has 1 atom stereocenters. The summed E-state index contributed by atoms with van der Waals surface area (Å²) < 4.78 is 4.53. The summed E-state index contributed by atoms with van der Waals surface area (Å²) in [6, 6.07) is 0.491. The van der Waals surface area contributed by atoms with Crippen LogP contribution in [0, 0.1) is 17.9 Å². The molecule has 0 radical (unpaired) electrons. The monoisotopic (exact) mass is 192 g/mol. The van der Waals surface area contributed by atoms with Crippen LogP contribution in [0.5, 0.6) is 0 Å². The zero-order chi connectivity index (χ0) is 11.0. The summed E-state index contributed by atoms with van der Waals surface area (Å²) in [5.74, 6) is -0.814. The fraction of sp³-hybridized carbons (Fsp3) is 0.333. The highest BCUT2D eigenvalue weighted by atomic mass is 16.5. The van der Waals surface area contributed by atoms with Crippen molar-refractivity contribution in [1.82, 2.24) is 0 Å². The van der Waals surface area contributed by atoms with Crippen molar-refractivity contribution in [3.63, 3.8) is 0 Å². The number of nitriles is 1. The number of hydrogen-bond acceptors (Lipinski definition) is 4. The van der Waals surface area contributed by atoms with E-state index in [1.807, 2.05) is 0 Å². The Morgan fingerprint density at radius 2 is 2.43 bits per heavy atom. The molecule has 0 bridgehead atoms. The van der Waals surface area contributed by atoms with E-state index in [0.29, 0.717) is 0 Å². The summed E-state index contributed by atoms with van der Waals surface area (Å²) in [4.78, 5) is 24.3. The third-order valence-electron chi connectivity index (χ3n) is 1.25. The van der Waals surface area contributed by atoms with Gasteiger partial charge in [0.1, 0.15) is 5.57 Å². The zero-order valence-corrected chi connectivity index (χ0v) is 7.56. The molecule has 5 heteroatoms. The molecule has 0 aliphatic rings. The number of aldehydes is 1. The minimum Gasteiger partial charge on any atom is -0.462 e. The summed E-state index contributed by atoms with van der Waals surface area (Å²) in [6.45, 7) is 8.29. The molecule has 1 unspecified atom stereocenters. The van der Waals surface area contributed by atoms with Gasteiger partial charge < -0.3 is 4.74 Å². The fourth-order valence-corrected chi connectivity index (χ4v) is 0.643. The first-order valence-corrected chi connectivity index (χ1v) is 3.79.